The van der Waals surface area contributed by atoms with Crippen LogP contribution in [0.2, 0.25) is 10.0 Å². The number of aliphatic hydroxyl groups is 1. The third-order valence-electron chi connectivity index (χ3n) is 4.83. The highest BCUT2D eigenvalue weighted by atomic mass is 35.5. The zero-order valence-electron chi connectivity index (χ0n) is 13.6. The molecule has 2 aromatic rings. The summed E-state index contributed by atoms with van der Waals surface area (Å²) in [6.45, 7) is 1.20. The molecule has 0 aliphatic carbocycles. The number of nitrogens with one attached hydrogen (secondary N) is 1. The summed E-state index contributed by atoms with van der Waals surface area (Å²) in [6.07, 6.45) is 4.71. The fraction of sp³-hybridized carbons (Fsp3) is 0.389. The summed E-state index contributed by atoms with van der Waals surface area (Å²) >= 11 is 12.8. The first-order chi connectivity index (χ1) is 12.1. The van der Waals surface area contributed by atoms with E-state index >= 15 is 0 Å². The van der Waals surface area contributed by atoms with E-state index in [-0.39, 0.29) is 5.91 Å². The van der Waals surface area contributed by atoms with Gasteiger partial charge in [0, 0.05) is 41.7 Å². The number of allylic oxidation sites excluding steroid dienone is 1. The molecule has 2 aliphatic rings. The van der Waals surface area contributed by atoms with Crippen molar-refractivity contribution in [1.29, 1.82) is 0 Å². The minimum atomic E-state index is -0.481. The molecule has 0 spiro atoms. The lowest BCUT2D eigenvalue weighted by atomic mass is 9.98. The number of hydrogen-bond acceptors (Lipinski definition) is 3. The van der Waals surface area contributed by atoms with Crippen molar-refractivity contribution in [2.24, 2.45) is 0 Å². The van der Waals surface area contributed by atoms with Crippen LogP contribution in [0.5, 0.6) is 0 Å². The number of aliphatic hydroxyl groups excluding tert-OH is 1. The van der Waals surface area contributed by atoms with Gasteiger partial charge in [-0.05, 0) is 25.0 Å². The van der Waals surface area contributed by atoms with Gasteiger partial charge >= 0.3 is 0 Å². The normalized spacial score (nSPS) is 17.2. The summed E-state index contributed by atoms with van der Waals surface area (Å²) in [7, 11) is 0. The number of hydrogen-bond donors (Lipinski definition) is 2. The monoisotopic (exact) mass is 380 g/mol. The van der Waals surface area contributed by atoms with E-state index in [1.807, 2.05) is 6.07 Å². The highest BCUT2D eigenvalue weighted by Gasteiger charge is 2.27. The fourth-order valence-electron chi connectivity index (χ4n) is 3.59. The zero-order valence-corrected chi connectivity index (χ0v) is 15.1. The molecule has 0 saturated heterocycles. The van der Waals surface area contributed by atoms with Crippen LogP contribution in [0.25, 0.3) is 16.7 Å². The zero-order chi connectivity index (χ0) is 17.6. The molecule has 2 aliphatic heterocycles. The van der Waals surface area contributed by atoms with E-state index in [1.165, 1.54) is 0 Å². The summed E-state index contributed by atoms with van der Waals surface area (Å²) in [6, 6.07) is 1.84. The van der Waals surface area contributed by atoms with E-state index in [1.54, 1.807) is 4.90 Å². The SMILES string of the molecule is O=C(CO)N1CCc2[nH]c3c(Cl)c(Cl)cc(C4=CCCCO4)c3c2C1. The molecule has 3 heterocycles. The molecule has 7 heteroatoms. The van der Waals surface area contributed by atoms with Crippen LogP contribution in [0.3, 0.4) is 0 Å². The summed E-state index contributed by atoms with van der Waals surface area (Å²) in [5, 5.41) is 11.1. The number of nitrogens with zero attached hydrogens (tertiary/aromatic N) is 1. The minimum absolute atomic E-state index is 0.269. The molecule has 0 atom stereocenters. The molecule has 2 N–H and O–H groups in total. The van der Waals surface area contributed by atoms with Gasteiger partial charge in [-0.25, -0.2) is 0 Å². The number of carbonyl (C=O) groups excluding carboxylic acids is 1. The van der Waals surface area contributed by atoms with Crippen molar-refractivity contribution >= 4 is 45.8 Å². The maximum Gasteiger partial charge on any atom is 0.248 e. The van der Waals surface area contributed by atoms with Gasteiger partial charge in [-0.1, -0.05) is 23.2 Å². The van der Waals surface area contributed by atoms with Crippen LogP contribution in [0.4, 0.5) is 0 Å². The highest BCUT2D eigenvalue weighted by molar-refractivity contribution is 6.45. The number of benzene rings is 1. The number of rotatable bonds is 2. The van der Waals surface area contributed by atoms with E-state index in [9.17, 15) is 9.90 Å². The second-order valence-corrected chi connectivity index (χ2v) is 7.12. The van der Waals surface area contributed by atoms with Crippen LogP contribution in [-0.2, 0) is 22.5 Å². The molecule has 0 unspecified atom stereocenters. The average Bonchev–Trinajstić information content (AvgIpc) is 3.03. The van der Waals surface area contributed by atoms with E-state index in [0.29, 0.717) is 36.2 Å². The summed E-state index contributed by atoms with van der Waals surface area (Å²) in [5.41, 5.74) is 3.76. The maximum absolute atomic E-state index is 11.9. The first-order valence-electron chi connectivity index (χ1n) is 8.33. The molecular formula is C18H18Cl2N2O3. The number of aromatic nitrogens is 1. The van der Waals surface area contributed by atoms with Crippen molar-refractivity contribution in [3.05, 3.63) is 39.0 Å². The number of halogens is 2. The standard InChI is InChI=1S/C18H18Cl2N2O3/c19-12-7-10(14-3-1-2-6-25-14)16-11-8-22(15(24)9-23)5-4-13(11)21-18(16)17(12)20/h3,7,21,23H,1-2,4-6,8-9H2. The molecule has 0 bridgehead atoms. The third kappa shape index (κ3) is 2.80. The topological polar surface area (TPSA) is 65.6 Å². The van der Waals surface area contributed by atoms with Crippen molar-refractivity contribution in [2.75, 3.05) is 19.8 Å². The number of aromatic amines is 1. The van der Waals surface area contributed by atoms with Gasteiger partial charge in [0.25, 0.3) is 0 Å². The van der Waals surface area contributed by atoms with Gasteiger partial charge in [0.1, 0.15) is 12.4 Å². The number of amides is 1. The summed E-state index contributed by atoms with van der Waals surface area (Å²) in [4.78, 5) is 17.0. The Labute approximate surface area is 155 Å². The first-order valence-corrected chi connectivity index (χ1v) is 9.09. The lowest BCUT2D eigenvalue weighted by Crippen LogP contribution is -2.37. The number of carbonyl (C=O) groups is 1. The Morgan fingerprint density at radius 1 is 1.40 bits per heavy atom. The maximum atomic E-state index is 11.9. The fourth-order valence-corrected chi connectivity index (χ4v) is 3.99. The van der Waals surface area contributed by atoms with Gasteiger partial charge in [-0.15, -0.1) is 0 Å². The Kier molecular flexibility index (Phi) is 4.40. The largest absolute Gasteiger partial charge is 0.493 e. The Bertz CT molecular complexity index is 888. The first kappa shape index (κ1) is 16.8. The van der Waals surface area contributed by atoms with Gasteiger partial charge in [-0.2, -0.15) is 0 Å². The molecule has 132 valence electrons. The molecule has 0 saturated carbocycles. The average molecular weight is 381 g/mol. The van der Waals surface area contributed by atoms with Gasteiger partial charge in [0.2, 0.25) is 5.91 Å². The van der Waals surface area contributed by atoms with Gasteiger partial charge < -0.3 is 19.7 Å². The third-order valence-corrected chi connectivity index (χ3v) is 5.62. The van der Waals surface area contributed by atoms with Gasteiger partial charge in [0.15, 0.2) is 0 Å². The van der Waals surface area contributed by atoms with Crippen LogP contribution in [0, 0.1) is 0 Å². The molecule has 0 radical (unpaired) electrons. The van der Waals surface area contributed by atoms with Crippen LogP contribution in [-0.4, -0.2) is 40.7 Å². The Morgan fingerprint density at radius 3 is 2.96 bits per heavy atom. The Balaban J connectivity index is 1.91. The molecule has 5 nitrogen and oxygen atoms in total. The molecular weight excluding hydrogens is 363 g/mol. The summed E-state index contributed by atoms with van der Waals surface area (Å²) in [5.74, 6) is 0.539. The number of ether oxygens (including phenoxy) is 1. The molecule has 25 heavy (non-hydrogen) atoms. The van der Waals surface area contributed by atoms with Gasteiger partial charge in [-0.3, -0.25) is 4.79 Å². The number of H-pyrrole nitrogens is 1. The van der Waals surface area contributed by atoms with Gasteiger partial charge in [0.05, 0.1) is 22.2 Å². The van der Waals surface area contributed by atoms with E-state index < -0.39 is 6.61 Å². The Hall–Kier alpha value is -1.69. The number of fused-ring (bicyclic) bond motifs is 3. The predicted molar refractivity (Wildman–Crippen MR) is 97.7 cm³/mol. The highest BCUT2D eigenvalue weighted by Crippen LogP contribution is 2.41. The quantitative estimate of drug-likeness (QED) is 0.837. The molecule has 4 rings (SSSR count). The second kappa shape index (κ2) is 6.56. The molecule has 1 aromatic heterocycles. The van der Waals surface area contributed by atoms with Crippen LogP contribution in [0.15, 0.2) is 12.1 Å². The van der Waals surface area contributed by atoms with Crippen LogP contribution in [0.1, 0.15) is 29.7 Å². The molecule has 0 fully saturated rings. The van der Waals surface area contributed by atoms with Crippen LogP contribution >= 0.6 is 23.2 Å². The summed E-state index contributed by atoms with van der Waals surface area (Å²) < 4.78 is 5.85. The lowest BCUT2D eigenvalue weighted by Gasteiger charge is -2.27. The molecule has 1 aromatic carbocycles. The van der Waals surface area contributed by atoms with Crippen molar-refractivity contribution in [1.82, 2.24) is 9.88 Å². The van der Waals surface area contributed by atoms with Crippen molar-refractivity contribution < 1.29 is 14.6 Å². The van der Waals surface area contributed by atoms with E-state index in [2.05, 4.69) is 11.1 Å². The molecule has 1 amide bonds. The smallest absolute Gasteiger partial charge is 0.248 e. The lowest BCUT2D eigenvalue weighted by molar-refractivity contribution is -0.135. The predicted octanol–water partition coefficient (Wildman–Crippen LogP) is 3.50. The van der Waals surface area contributed by atoms with Crippen molar-refractivity contribution in [3.63, 3.8) is 0 Å². The minimum Gasteiger partial charge on any atom is -0.493 e. The second-order valence-electron chi connectivity index (χ2n) is 6.33. The van der Waals surface area contributed by atoms with Crippen molar-refractivity contribution in [3.8, 4) is 0 Å². The van der Waals surface area contributed by atoms with E-state index in [4.69, 9.17) is 27.9 Å². The Morgan fingerprint density at radius 2 is 2.24 bits per heavy atom. The van der Waals surface area contributed by atoms with E-state index in [0.717, 1.165) is 46.3 Å². The van der Waals surface area contributed by atoms with Crippen molar-refractivity contribution in [2.45, 2.75) is 25.8 Å². The van der Waals surface area contributed by atoms with Crippen LogP contribution < -0.4 is 0 Å².